The van der Waals surface area contributed by atoms with Crippen molar-refractivity contribution in [2.75, 3.05) is 18.1 Å². The average molecular weight is 516 g/mol. The number of hydrogen-bond acceptors (Lipinski definition) is 8. The maximum atomic E-state index is 13.4. The van der Waals surface area contributed by atoms with Crippen LogP contribution in [-0.4, -0.2) is 40.0 Å². The molecule has 1 unspecified atom stereocenters. The molecule has 37 heavy (non-hydrogen) atoms. The number of ether oxygens (including phenoxy) is 2. The quantitative estimate of drug-likeness (QED) is 0.188. The number of Topliss-reactive ketones (excluding diaryl/α,β-unsaturated/α-hetero) is 1. The molecule has 2 aromatic heterocycles. The molecule has 1 aliphatic heterocycles. The molecule has 8 nitrogen and oxygen atoms in total. The summed E-state index contributed by atoms with van der Waals surface area (Å²) in [6.45, 7) is 4.95. The molecule has 0 saturated carbocycles. The van der Waals surface area contributed by atoms with Gasteiger partial charge in [0, 0.05) is 18.0 Å². The Morgan fingerprint density at radius 1 is 1.03 bits per heavy atom. The summed E-state index contributed by atoms with van der Waals surface area (Å²) in [5.74, 6) is -0.552. The molecule has 0 bridgehead atoms. The van der Waals surface area contributed by atoms with Gasteiger partial charge in [0.2, 0.25) is 0 Å². The highest BCUT2D eigenvalue weighted by Gasteiger charge is 2.48. The fourth-order valence-corrected chi connectivity index (χ4v) is 5.27. The number of hydrogen-bond donors (Lipinski definition) is 1. The Labute approximate surface area is 217 Å². The van der Waals surface area contributed by atoms with Gasteiger partial charge in [-0.2, -0.15) is 0 Å². The molecule has 1 fully saturated rings. The number of carbonyl (C=O) groups is 2. The van der Waals surface area contributed by atoms with Gasteiger partial charge in [-0.3, -0.25) is 19.5 Å². The molecule has 188 valence electrons. The van der Waals surface area contributed by atoms with Gasteiger partial charge in [0.05, 0.1) is 35.0 Å². The lowest BCUT2D eigenvalue weighted by atomic mass is 9.96. The first-order chi connectivity index (χ1) is 18.0. The zero-order valence-electron chi connectivity index (χ0n) is 20.4. The van der Waals surface area contributed by atoms with E-state index in [4.69, 9.17) is 9.47 Å². The van der Waals surface area contributed by atoms with Gasteiger partial charge in [0.15, 0.2) is 5.13 Å². The lowest BCUT2D eigenvalue weighted by molar-refractivity contribution is -0.132. The van der Waals surface area contributed by atoms with Crippen molar-refractivity contribution in [1.29, 1.82) is 0 Å². The number of nitrogens with zero attached hydrogens (tertiary/aromatic N) is 3. The molecule has 1 saturated heterocycles. The average Bonchev–Trinajstić information content (AvgIpc) is 3.45. The van der Waals surface area contributed by atoms with Gasteiger partial charge in [0.25, 0.3) is 5.78 Å². The summed E-state index contributed by atoms with van der Waals surface area (Å²) in [5.41, 5.74) is 1.68. The van der Waals surface area contributed by atoms with E-state index in [1.807, 2.05) is 32.0 Å². The summed E-state index contributed by atoms with van der Waals surface area (Å²) in [5, 5.41) is 11.7. The number of aromatic nitrogens is 2. The van der Waals surface area contributed by atoms with Crippen molar-refractivity contribution >= 4 is 44.1 Å². The largest absolute Gasteiger partial charge is 0.507 e. The fraction of sp³-hybridized carbons (Fsp3) is 0.214. The number of aliphatic hydroxyl groups excluding tert-OH is 1. The third-order valence-corrected chi connectivity index (χ3v) is 6.93. The number of benzene rings is 2. The Bertz CT molecular complexity index is 1500. The number of amides is 1. The molecule has 3 heterocycles. The van der Waals surface area contributed by atoms with E-state index in [0.29, 0.717) is 46.5 Å². The molecule has 0 radical (unpaired) electrons. The molecule has 1 amide bonds. The normalized spacial score (nSPS) is 16.9. The summed E-state index contributed by atoms with van der Waals surface area (Å²) in [6.07, 6.45) is 4.00. The predicted molar refractivity (Wildman–Crippen MR) is 142 cm³/mol. The number of aliphatic hydroxyl groups is 1. The van der Waals surface area contributed by atoms with Gasteiger partial charge >= 0.3 is 5.91 Å². The number of ketones is 1. The third kappa shape index (κ3) is 4.65. The standard InChI is InChI=1S/C28H25N3O5S/c1-3-14-36-19-7-5-6-18(15-19)25(32)23-24(17-10-12-29-13-11-17)31(27(34)26(23)33)28-30-21-9-8-20(35-4-2)16-22(21)37-28/h5-13,15-16,24,32H,3-4,14H2,1-2H3. The fourth-order valence-electron chi connectivity index (χ4n) is 4.25. The van der Waals surface area contributed by atoms with E-state index in [-0.39, 0.29) is 11.3 Å². The molecular formula is C28H25N3O5S. The van der Waals surface area contributed by atoms with Gasteiger partial charge in [0.1, 0.15) is 17.3 Å². The van der Waals surface area contributed by atoms with Crippen LogP contribution in [0.15, 0.2) is 72.6 Å². The Morgan fingerprint density at radius 3 is 2.57 bits per heavy atom. The number of carbonyl (C=O) groups excluding carboxylic acids is 2. The monoisotopic (exact) mass is 515 g/mol. The van der Waals surface area contributed by atoms with Crippen molar-refractivity contribution in [1.82, 2.24) is 9.97 Å². The number of fused-ring (bicyclic) bond motifs is 1. The van der Waals surface area contributed by atoms with E-state index < -0.39 is 17.7 Å². The van der Waals surface area contributed by atoms with Gasteiger partial charge in [-0.25, -0.2) is 4.98 Å². The second-order valence-electron chi connectivity index (χ2n) is 8.38. The van der Waals surface area contributed by atoms with Crippen LogP contribution in [0, 0.1) is 0 Å². The lowest BCUT2D eigenvalue weighted by Crippen LogP contribution is -2.29. The molecular weight excluding hydrogens is 490 g/mol. The summed E-state index contributed by atoms with van der Waals surface area (Å²) >= 11 is 1.28. The first-order valence-corrected chi connectivity index (χ1v) is 12.8. The van der Waals surface area contributed by atoms with Gasteiger partial charge in [-0.15, -0.1) is 0 Å². The van der Waals surface area contributed by atoms with Crippen LogP contribution < -0.4 is 14.4 Å². The van der Waals surface area contributed by atoms with Crippen LogP contribution in [0.4, 0.5) is 5.13 Å². The van der Waals surface area contributed by atoms with Gasteiger partial charge in [-0.05, 0) is 61.4 Å². The summed E-state index contributed by atoms with van der Waals surface area (Å²) < 4.78 is 12.1. The summed E-state index contributed by atoms with van der Waals surface area (Å²) in [7, 11) is 0. The SMILES string of the molecule is CCCOc1cccc(C(O)=C2C(=O)C(=O)N(c3nc4ccc(OCC)cc4s3)C2c2ccncc2)c1. The van der Waals surface area contributed by atoms with Crippen LogP contribution >= 0.6 is 11.3 Å². The van der Waals surface area contributed by atoms with Crippen molar-refractivity contribution in [3.63, 3.8) is 0 Å². The lowest BCUT2D eigenvalue weighted by Gasteiger charge is -2.22. The number of rotatable bonds is 8. The van der Waals surface area contributed by atoms with Crippen LogP contribution in [0.1, 0.15) is 37.4 Å². The minimum Gasteiger partial charge on any atom is -0.507 e. The highest BCUT2D eigenvalue weighted by atomic mass is 32.1. The Morgan fingerprint density at radius 2 is 1.81 bits per heavy atom. The Hall–Kier alpha value is -4.24. The maximum Gasteiger partial charge on any atom is 0.301 e. The van der Waals surface area contributed by atoms with Crippen molar-refractivity contribution in [3.05, 3.63) is 83.7 Å². The number of thiazole rings is 1. The van der Waals surface area contributed by atoms with Crippen molar-refractivity contribution in [2.45, 2.75) is 26.3 Å². The molecule has 0 spiro atoms. The third-order valence-electron chi connectivity index (χ3n) is 5.91. The molecule has 1 atom stereocenters. The summed E-state index contributed by atoms with van der Waals surface area (Å²) in [4.78, 5) is 36.9. The zero-order valence-corrected chi connectivity index (χ0v) is 21.2. The maximum absolute atomic E-state index is 13.4. The molecule has 0 aliphatic carbocycles. The molecule has 4 aromatic rings. The van der Waals surface area contributed by atoms with Crippen molar-refractivity contribution in [2.24, 2.45) is 0 Å². The zero-order chi connectivity index (χ0) is 25.9. The van der Waals surface area contributed by atoms with Crippen LogP contribution in [-0.2, 0) is 9.59 Å². The molecule has 2 aromatic carbocycles. The number of anilines is 1. The van der Waals surface area contributed by atoms with Crippen LogP contribution in [0.5, 0.6) is 11.5 Å². The van der Waals surface area contributed by atoms with Crippen LogP contribution in [0.25, 0.3) is 16.0 Å². The van der Waals surface area contributed by atoms with Crippen LogP contribution in [0.2, 0.25) is 0 Å². The number of pyridine rings is 1. The molecule has 5 rings (SSSR count). The first kappa shape index (κ1) is 24.5. The van der Waals surface area contributed by atoms with E-state index in [0.717, 1.165) is 11.1 Å². The van der Waals surface area contributed by atoms with Crippen molar-refractivity contribution in [3.8, 4) is 11.5 Å². The molecule has 9 heteroatoms. The smallest absolute Gasteiger partial charge is 0.301 e. The van der Waals surface area contributed by atoms with E-state index in [1.54, 1.807) is 48.8 Å². The van der Waals surface area contributed by atoms with Gasteiger partial charge in [-0.1, -0.05) is 30.4 Å². The topological polar surface area (TPSA) is 102 Å². The Balaban J connectivity index is 1.64. The second-order valence-corrected chi connectivity index (χ2v) is 9.39. The molecule has 1 aliphatic rings. The first-order valence-electron chi connectivity index (χ1n) is 12.0. The van der Waals surface area contributed by atoms with E-state index in [9.17, 15) is 14.7 Å². The van der Waals surface area contributed by atoms with E-state index >= 15 is 0 Å². The minimum atomic E-state index is -0.879. The molecule has 1 N–H and O–H groups in total. The van der Waals surface area contributed by atoms with E-state index in [1.165, 1.54) is 16.2 Å². The summed E-state index contributed by atoms with van der Waals surface area (Å²) in [6, 6.07) is 14.9. The van der Waals surface area contributed by atoms with Crippen molar-refractivity contribution < 1.29 is 24.2 Å². The Kier molecular flexibility index (Phi) is 6.87. The second kappa shape index (κ2) is 10.4. The van der Waals surface area contributed by atoms with Crippen LogP contribution in [0.3, 0.4) is 0 Å². The minimum absolute atomic E-state index is 0.0156. The predicted octanol–water partition coefficient (Wildman–Crippen LogP) is 5.51. The highest BCUT2D eigenvalue weighted by molar-refractivity contribution is 7.22. The highest BCUT2D eigenvalue weighted by Crippen LogP contribution is 2.44. The van der Waals surface area contributed by atoms with E-state index in [2.05, 4.69) is 9.97 Å². The van der Waals surface area contributed by atoms with Gasteiger partial charge < -0.3 is 14.6 Å².